The van der Waals surface area contributed by atoms with Crippen LogP contribution in [0.4, 0.5) is 17.6 Å². The zero-order valence-electron chi connectivity index (χ0n) is 12.4. The second-order valence-electron chi connectivity index (χ2n) is 5.46. The van der Waals surface area contributed by atoms with Crippen LogP contribution in [0.15, 0.2) is 18.2 Å². The molecule has 0 aromatic heterocycles. The topological polar surface area (TPSA) is 15.3 Å². The molecule has 1 aliphatic rings. The van der Waals surface area contributed by atoms with E-state index in [0.717, 1.165) is 13.1 Å². The first-order chi connectivity index (χ1) is 9.87. The molecule has 2 nitrogen and oxygen atoms in total. The lowest BCUT2D eigenvalue weighted by molar-refractivity contribution is -0.138. The predicted octanol–water partition coefficient (Wildman–Crippen LogP) is 3.84. The summed E-state index contributed by atoms with van der Waals surface area (Å²) < 4.78 is 51.3. The molecule has 1 saturated heterocycles. The number of benzene rings is 1. The Hall–Kier alpha value is -0.850. The van der Waals surface area contributed by atoms with Crippen molar-refractivity contribution in [1.29, 1.82) is 0 Å². The first-order valence-electron chi connectivity index (χ1n) is 7.14. The van der Waals surface area contributed by atoms with Gasteiger partial charge in [0, 0.05) is 38.6 Å². The van der Waals surface area contributed by atoms with Gasteiger partial charge in [0.1, 0.15) is 5.82 Å². The molecule has 0 unspecified atom stereocenters. The fourth-order valence-corrected chi connectivity index (χ4v) is 2.67. The van der Waals surface area contributed by atoms with E-state index < -0.39 is 12.6 Å². The monoisotopic (exact) mass is 340 g/mol. The number of piperazine rings is 1. The second-order valence-corrected chi connectivity index (χ2v) is 5.46. The van der Waals surface area contributed by atoms with E-state index >= 15 is 0 Å². The first-order valence-corrected chi connectivity index (χ1v) is 7.14. The molecule has 1 aromatic rings. The van der Waals surface area contributed by atoms with E-state index in [2.05, 4.69) is 5.32 Å². The highest BCUT2D eigenvalue weighted by Gasteiger charge is 2.31. The number of hydrogen-bond acceptors (Lipinski definition) is 2. The molecule has 1 atom stereocenters. The third kappa shape index (κ3) is 5.41. The van der Waals surface area contributed by atoms with Crippen molar-refractivity contribution in [1.82, 2.24) is 10.2 Å². The normalized spacial score (nSPS) is 17.9. The quantitative estimate of drug-likeness (QED) is 0.838. The van der Waals surface area contributed by atoms with Crippen molar-refractivity contribution >= 4 is 12.4 Å². The fourth-order valence-electron chi connectivity index (χ4n) is 2.67. The first kappa shape index (κ1) is 19.2. The fraction of sp³-hybridized carbons (Fsp3) is 0.600. The average molecular weight is 341 g/mol. The van der Waals surface area contributed by atoms with Crippen LogP contribution in [0.1, 0.15) is 30.0 Å². The van der Waals surface area contributed by atoms with Crippen molar-refractivity contribution < 1.29 is 17.6 Å². The van der Waals surface area contributed by atoms with E-state index in [4.69, 9.17) is 0 Å². The van der Waals surface area contributed by atoms with Crippen LogP contribution in [0.25, 0.3) is 0 Å². The summed E-state index contributed by atoms with van der Waals surface area (Å²) in [5.74, 6) is -0.361. The van der Waals surface area contributed by atoms with Gasteiger partial charge in [-0.05, 0) is 30.5 Å². The van der Waals surface area contributed by atoms with Crippen LogP contribution in [-0.4, -0.2) is 37.3 Å². The molecule has 0 amide bonds. The minimum Gasteiger partial charge on any atom is -0.314 e. The van der Waals surface area contributed by atoms with E-state index in [1.165, 1.54) is 6.07 Å². The van der Waals surface area contributed by atoms with Crippen molar-refractivity contribution in [2.75, 3.05) is 26.2 Å². The molecular formula is C15H21ClF4N2. The highest BCUT2D eigenvalue weighted by molar-refractivity contribution is 5.85. The number of halogens is 5. The molecule has 0 radical (unpaired) electrons. The number of rotatable bonds is 4. The maximum atomic E-state index is 13.7. The maximum absolute atomic E-state index is 13.7. The average Bonchev–Trinajstić information content (AvgIpc) is 2.43. The predicted molar refractivity (Wildman–Crippen MR) is 80.9 cm³/mol. The molecule has 1 aromatic carbocycles. The van der Waals surface area contributed by atoms with Crippen LogP contribution in [0.3, 0.4) is 0 Å². The lowest BCUT2D eigenvalue weighted by atomic mass is 9.98. The molecule has 7 heteroatoms. The van der Waals surface area contributed by atoms with Gasteiger partial charge in [0.05, 0.1) is 0 Å². The molecule has 0 saturated carbocycles. The Morgan fingerprint density at radius 1 is 1.23 bits per heavy atom. The maximum Gasteiger partial charge on any atom is 0.389 e. The minimum absolute atomic E-state index is 0. The smallest absolute Gasteiger partial charge is 0.314 e. The Balaban J connectivity index is 0.00000242. The molecule has 0 aliphatic carbocycles. The molecular weight excluding hydrogens is 320 g/mol. The van der Waals surface area contributed by atoms with Crippen molar-refractivity contribution in [2.24, 2.45) is 0 Å². The third-order valence-corrected chi connectivity index (χ3v) is 3.87. The van der Waals surface area contributed by atoms with Gasteiger partial charge in [-0.3, -0.25) is 4.90 Å². The standard InChI is InChI=1S/C15H20F4N2.ClH/c1-11-2-3-12(10-13(11)16)14(4-5-15(17,18)19)21-8-6-20-7-9-21;/h2-3,10,14,20H,4-9H2,1H3;1H/t14-;/m0./s1. The zero-order valence-corrected chi connectivity index (χ0v) is 13.2. The van der Waals surface area contributed by atoms with Gasteiger partial charge in [-0.25, -0.2) is 4.39 Å². The molecule has 2 rings (SSSR count). The summed E-state index contributed by atoms with van der Waals surface area (Å²) in [5.41, 5.74) is 1.14. The van der Waals surface area contributed by atoms with Crippen LogP contribution in [0, 0.1) is 12.7 Å². The van der Waals surface area contributed by atoms with Crippen LogP contribution in [-0.2, 0) is 0 Å². The van der Waals surface area contributed by atoms with Gasteiger partial charge >= 0.3 is 6.18 Å². The Labute approximate surface area is 134 Å². The van der Waals surface area contributed by atoms with E-state index in [1.54, 1.807) is 19.1 Å². The summed E-state index contributed by atoms with van der Waals surface area (Å²) in [6, 6.07) is 4.36. The van der Waals surface area contributed by atoms with Crippen molar-refractivity contribution in [3.8, 4) is 0 Å². The SMILES string of the molecule is Cc1ccc([C@H](CCC(F)(F)F)N2CCNCC2)cc1F.Cl. The number of nitrogens with one attached hydrogen (secondary N) is 1. The molecule has 0 spiro atoms. The lowest BCUT2D eigenvalue weighted by Gasteiger charge is -2.35. The molecule has 1 fully saturated rings. The lowest BCUT2D eigenvalue weighted by Crippen LogP contribution is -2.45. The Kier molecular flexibility index (Phi) is 7.09. The Morgan fingerprint density at radius 3 is 2.41 bits per heavy atom. The summed E-state index contributed by atoms with van der Waals surface area (Å²) in [5, 5.41) is 3.18. The van der Waals surface area contributed by atoms with Gasteiger partial charge in [-0.1, -0.05) is 12.1 Å². The van der Waals surface area contributed by atoms with Crippen molar-refractivity contribution in [3.05, 3.63) is 35.1 Å². The van der Waals surface area contributed by atoms with E-state index in [1.807, 2.05) is 4.90 Å². The minimum atomic E-state index is -4.18. The van der Waals surface area contributed by atoms with Gasteiger partial charge < -0.3 is 5.32 Å². The summed E-state index contributed by atoms with van der Waals surface area (Å²) in [6.07, 6.45) is -5.07. The number of nitrogens with zero attached hydrogens (tertiary/aromatic N) is 1. The summed E-state index contributed by atoms with van der Waals surface area (Å²) >= 11 is 0. The van der Waals surface area contributed by atoms with Crippen molar-refractivity contribution in [2.45, 2.75) is 32.0 Å². The molecule has 0 bridgehead atoms. The van der Waals surface area contributed by atoms with Gasteiger partial charge in [0.15, 0.2) is 0 Å². The third-order valence-electron chi connectivity index (χ3n) is 3.87. The van der Waals surface area contributed by atoms with Crippen LogP contribution in [0.5, 0.6) is 0 Å². The van der Waals surface area contributed by atoms with E-state index in [9.17, 15) is 17.6 Å². The van der Waals surface area contributed by atoms with Crippen molar-refractivity contribution in [3.63, 3.8) is 0 Å². The molecule has 126 valence electrons. The van der Waals surface area contributed by atoms with Crippen LogP contribution < -0.4 is 5.32 Å². The molecule has 22 heavy (non-hydrogen) atoms. The van der Waals surface area contributed by atoms with Gasteiger partial charge in [0.2, 0.25) is 0 Å². The van der Waals surface area contributed by atoms with Gasteiger partial charge in [-0.2, -0.15) is 13.2 Å². The summed E-state index contributed by atoms with van der Waals surface area (Å²) in [4.78, 5) is 2.01. The zero-order chi connectivity index (χ0) is 15.5. The van der Waals surface area contributed by atoms with Gasteiger partial charge in [0.25, 0.3) is 0 Å². The highest BCUT2D eigenvalue weighted by atomic mass is 35.5. The van der Waals surface area contributed by atoms with Crippen LogP contribution >= 0.6 is 12.4 Å². The highest BCUT2D eigenvalue weighted by Crippen LogP contribution is 2.32. The van der Waals surface area contributed by atoms with Crippen LogP contribution in [0.2, 0.25) is 0 Å². The largest absolute Gasteiger partial charge is 0.389 e. The number of aryl methyl sites for hydroxylation is 1. The molecule has 1 heterocycles. The second kappa shape index (κ2) is 8.13. The Bertz CT molecular complexity index is 473. The Morgan fingerprint density at radius 2 is 1.86 bits per heavy atom. The number of alkyl halides is 3. The summed E-state index contributed by atoms with van der Waals surface area (Å²) in [7, 11) is 0. The van der Waals surface area contributed by atoms with E-state index in [0.29, 0.717) is 24.2 Å². The summed E-state index contributed by atoms with van der Waals surface area (Å²) in [6.45, 7) is 4.50. The number of hydrogen-bond donors (Lipinski definition) is 1. The van der Waals surface area contributed by atoms with E-state index in [-0.39, 0.29) is 30.7 Å². The molecule has 1 aliphatic heterocycles. The van der Waals surface area contributed by atoms with Gasteiger partial charge in [-0.15, -0.1) is 12.4 Å². The molecule has 1 N–H and O–H groups in total.